The smallest absolute Gasteiger partial charge is 0.352 e. The van der Waals surface area contributed by atoms with Gasteiger partial charge in [-0.3, -0.25) is 44.8 Å². The van der Waals surface area contributed by atoms with E-state index in [9.17, 15) is 39.0 Å². The Morgan fingerprint density at radius 1 is 1.24 bits per heavy atom. The van der Waals surface area contributed by atoms with Gasteiger partial charge in [-0.15, -0.1) is 23.5 Å². The minimum Gasteiger partial charge on any atom is -0.508 e. The first-order valence-electron chi connectivity index (χ1n) is 14.3. The standard InChI is InChI=1S/C27H30N10O9S3/c28-26(46)35(16-8-30-27(34-21(16)41)29-6-1-7-38)19(13-2-4-15(40)5-3-13)22(42)33-18-23(43)36-20(25(44)45)14(11-48-24(18)36)10-47-17-9-31-37(49-17)32-12-39/h2-5,8-9,12,18-19,24,31,38,40H,1,6-7,10-11H2,(H2,28,46)(H,32,39)(H,33,42)(H,44,45)(H2,29,30,34,41)/t18?,19?,24-/m0/s1. The lowest BCUT2D eigenvalue weighted by atomic mass is 10.00. The Kier molecular flexibility index (Phi) is 11.2. The van der Waals surface area contributed by atoms with Gasteiger partial charge in [0.25, 0.3) is 11.5 Å². The molecule has 260 valence electrons. The molecular formula is C27H30N10O9S3. The minimum atomic E-state index is -1.62. The Balaban J connectivity index is 1.37. The van der Waals surface area contributed by atoms with Crippen molar-refractivity contribution in [3.05, 3.63) is 68.1 Å². The van der Waals surface area contributed by atoms with Crippen LogP contribution >= 0.6 is 35.5 Å². The van der Waals surface area contributed by atoms with Crippen LogP contribution in [0.2, 0.25) is 0 Å². The summed E-state index contributed by atoms with van der Waals surface area (Å²) in [5, 5.41) is 33.5. The third-order valence-electron chi connectivity index (χ3n) is 7.21. The second kappa shape index (κ2) is 15.5. The van der Waals surface area contributed by atoms with Gasteiger partial charge in [0.2, 0.25) is 18.3 Å². The topological polar surface area (TPSA) is 276 Å². The predicted octanol–water partition coefficient (Wildman–Crippen LogP) is -0.704. The number of fused-ring (bicyclic) bond motifs is 1. The number of H-pyrrole nitrogens is 1. The van der Waals surface area contributed by atoms with Crippen molar-refractivity contribution in [3.8, 4) is 5.75 Å². The average Bonchev–Trinajstić information content (AvgIpc) is 3.53. The van der Waals surface area contributed by atoms with Gasteiger partial charge < -0.3 is 31.7 Å². The second-order valence-corrected chi connectivity index (χ2v) is 13.7. The van der Waals surface area contributed by atoms with Crippen LogP contribution in [0.5, 0.6) is 5.75 Å². The lowest BCUT2D eigenvalue weighted by Gasteiger charge is -2.49. The van der Waals surface area contributed by atoms with Crippen molar-refractivity contribution in [3.63, 3.8) is 0 Å². The van der Waals surface area contributed by atoms with Crippen LogP contribution in [0.4, 0.5) is 16.4 Å². The molecule has 4 heterocycles. The molecule has 2 aromatic rings. The van der Waals surface area contributed by atoms with Crippen molar-refractivity contribution in [2.45, 2.75) is 23.9 Å². The zero-order valence-electron chi connectivity index (χ0n) is 25.2. The van der Waals surface area contributed by atoms with Crippen LogP contribution in [0.15, 0.2) is 57.0 Å². The maximum Gasteiger partial charge on any atom is 0.352 e. The highest BCUT2D eigenvalue weighted by molar-refractivity contribution is 8.21. The molecule has 1 aromatic heterocycles. The number of amides is 5. The summed E-state index contributed by atoms with van der Waals surface area (Å²) in [6, 6.07) is 1.18. The molecule has 19 nitrogen and oxygen atoms in total. The number of nitrogens with two attached hydrogens (primary N) is 1. The summed E-state index contributed by atoms with van der Waals surface area (Å²) in [4.78, 5) is 84.8. The monoisotopic (exact) mass is 734 g/mol. The fraction of sp³-hybridized carbons (Fsp3) is 0.296. The van der Waals surface area contributed by atoms with Gasteiger partial charge in [0.1, 0.15) is 34.6 Å². The number of urea groups is 1. The molecule has 1 aromatic carbocycles. The summed E-state index contributed by atoms with van der Waals surface area (Å²) >= 11 is 3.72. The van der Waals surface area contributed by atoms with E-state index in [1.165, 1.54) is 64.3 Å². The molecule has 1 fully saturated rings. The summed E-state index contributed by atoms with van der Waals surface area (Å²) < 4.78 is 2.09. The number of thioether (sulfide) groups is 2. The Morgan fingerprint density at radius 2 is 2.00 bits per heavy atom. The normalized spacial score (nSPS) is 19.2. The number of aromatic amines is 1. The maximum atomic E-state index is 14.0. The zero-order valence-corrected chi connectivity index (χ0v) is 27.6. The summed E-state index contributed by atoms with van der Waals surface area (Å²) in [5.41, 5.74) is 10.1. The molecule has 3 aliphatic rings. The highest BCUT2D eigenvalue weighted by Crippen LogP contribution is 2.43. The van der Waals surface area contributed by atoms with Crippen LogP contribution in [-0.4, -0.2) is 101 Å². The third kappa shape index (κ3) is 7.72. The second-order valence-electron chi connectivity index (χ2n) is 10.3. The van der Waals surface area contributed by atoms with E-state index < -0.39 is 52.5 Å². The van der Waals surface area contributed by atoms with Gasteiger partial charge in [-0.25, -0.2) is 14.6 Å². The molecule has 22 heteroatoms. The number of rotatable bonds is 15. The number of aromatic nitrogens is 2. The Labute approximate surface area is 289 Å². The van der Waals surface area contributed by atoms with Gasteiger partial charge in [0, 0.05) is 42.8 Å². The fourth-order valence-corrected chi connectivity index (χ4v) is 8.28. The van der Waals surface area contributed by atoms with Crippen LogP contribution in [-0.2, 0) is 19.2 Å². The van der Waals surface area contributed by atoms with Crippen molar-refractivity contribution in [2.24, 2.45) is 5.73 Å². The van der Waals surface area contributed by atoms with Crippen LogP contribution in [0.3, 0.4) is 0 Å². The van der Waals surface area contributed by atoms with E-state index in [4.69, 9.17) is 10.8 Å². The fourth-order valence-electron chi connectivity index (χ4n) is 5.01. The quantitative estimate of drug-likeness (QED) is 0.0473. The molecule has 0 radical (unpaired) electrons. The zero-order chi connectivity index (χ0) is 35.2. The van der Waals surface area contributed by atoms with Crippen LogP contribution < -0.4 is 37.7 Å². The molecular weight excluding hydrogens is 705 g/mol. The van der Waals surface area contributed by atoms with Crippen molar-refractivity contribution >= 4 is 77.3 Å². The van der Waals surface area contributed by atoms with Gasteiger partial charge in [-0.1, -0.05) is 16.7 Å². The van der Waals surface area contributed by atoms with Crippen LogP contribution in [0.25, 0.3) is 0 Å². The summed E-state index contributed by atoms with van der Waals surface area (Å²) in [6.07, 6.45) is 3.52. The first kappa shape index (κ1) is 35.4. The number of hydrazine groups is 2. The number of anilines is 2. The number of phenolic OH excluding ortho intramolecular Hbond substituents is 1. The first-order chi connectivity index (χ1) is 23.5. The maximum absolute atomic E-state index is 14.0. The molecule has 10 N–H and O–H groups in total. The van der Waals surface area contributed by atoms with Gasteiger partial charge in [-0.05, 0) is 29.7 Å². The molecule has 3 aliphatic heterocycles. The molecule has 3 atom stereocenters. The number of primary amides is 1. The van der Waals surface area contributed by atoms with Crippen LogP contribution in [0.1, 0.15) is 18.0 Å². The number of carboxylic acid groups (broad SMARTS) is 1. The molecule has 0 aliphatic carbocycles. The number of carboxylic acids is 1. The van der Waals surface area contributed by atoms with Crippen LogP contribution in [0, 0.1) is 0 Å². The molecule has 49 heavy (non-hydrogen) atoms. The number of β-lactam (4-membered cyclic amide) rings is 1. The number of aliphatic hydroxyl groups is 1. The van der Waals surface area contributed by atoms with E-state index in [1.54, 1.807) is 6.20 Å². The van der Waals surface area contributed by atoms with Gasteiger partial charge in [-0.2, -0.15) is 0 Å². The van der Waals surface area contributed by atoms with Gasteiger partial charge in [0.05, 0.1) is 10.4 Å². The number of aliphatic hydroxyl groups excluding tert-OH is 1. The number of benzene rings is 1. The number of phenols is 1. The number of aliphatic carboxylic acids is 1. The number of nitrogens with one attached hydrogen (secondary N) is 5. The number of aromatic hydroxyl groups is 1. The number of carbonyl (C=O) groups is 5. The van der Waals surface area contributed by atoms with Crippen molar-refractivity contribution in [2.75, 3.05) is 34.9 Å². The Bertz CT molecular complexity index is 1760. The first-order valence-corrected chi connectivity index (χ1v) is 17.1. The Morgan fingerprint density at radius 3 is 2.65 bits per heavy atom. The third-order valence-corrected chi connectivity index (χ3v) is 10.7. The van der Waals surface area contributed by atoms with E-state index >= 15 is 0 Å². The molecule has 2 unspecified atom stereocenters. The molecule has 0 saturated carbocycles. The average molecular weight is 735 g/mol. The Hall–Kier alpha value is -4.90. The van der Waals surface area contributed by atoms with E-state index in [0.717, 1.165) is 15.3 Å². The van der Waals surface area contributed by atoms with E-state index in [1.807, 2.05) is 0 Å². The summed E-state index contributed by atoms with van der Waals surface area (Å²) in [5.74, 6) is -2.59. The summed E-state index contributed by atoms with van der Waals surface area (Å²) in [7, 11) is 0. The summed E-state index contributed by atoms with van der Waals surface area (Å²) in [6.45, 7) is 0.189. The highest BCUT2D eigenvalue weighted by atomic mass is 32.2. The minimum absolute atomic E-state index is 0.0408. The molecule has 0 bridgehead atoms. The van der Waals surface area contributed by atoms with E-state index in [2.05, 4.69) is 31.5 Å². The molecule has 5 amide bonds. The lowest BCUT2D eigenvalue weighted by molar-refractivity contribution is -0.150. The van der Waals surface area contributed by atoms with Gasteiger partial charge in [0.15, 0.2) is 0 Å². The lowest BCUT2D eigenvalue weighted by Crippen LogP contribution is -2.71. The SMILES string of the molecule is NC(=O)N(c1cnc(NCCCO)[nH]c1=O)C(C(=O)NC1C(=O)N2C(C(=O)O)=C(CSC3=CNN(NC=O)S3)CS[C@@H]12)c1ccc(O)cc1. The van der Waals surface area contributed by atoms with Crippen molar-refractivity contribution in [1.29, 1.82) is 0 Å². The highest BCUT2D eigenvalue weighted by Gasteiger charge is 2.55. The van der Waals surface area contributed by atoms with Crippen molar-refractivity contribution in [1.82, 2.24) is 35.6 Å². The number of hydrogen-bond donors (Lipinski definition) is 9. The van der Waals surface area contributed by atoms with Gasteiger partial charge >= 0.3 is 12.0 Å². The molecule has 0 spiro atoms. The molecule has 5 rings (SSSR count). The van der Waals surface area contributed by atoms with Crippen molar-refractivity contribution < 1.29 is 39.3 Å². The molecule has 1 saturated heterocycles. The van der Waals surface area contributed by atoms with E-state index in [0.29, 0.717) is 23.3 Å². The predicted molar refractivity (Wildman–Crippen MR) is 180 cm³/mol. The number of nitrogens with zero attached hydrogens (tertiary/aromatic N) is 4. The largest absolute Gasteiger partial charge is 0.508 e. The van der Waals surface area contributed by atoms with E-state index in [-0.39, 0.29) is 47.6 Å². The number of hydrogen-bond acceptors (Lipinski definition) is 15. The number of carbonyl (C=O) groups excluding carboxylic acids is 4.